The molecular weight excluding hydrogens is 274 g/mol. The number of benzene rings is 1. The number of unbranched alkanes of at least 4 members (excludes halogenated alkanes) is 1. The predicted octanol–water partition coefficient (Wildman–Crippen LogP) is 3.91. The minimum atomic E-state index is 0.385. The molecule has 0 spiro atoms. The van der Waals surface area contributed by atoms with Crippen molar-refractivity contribution in [3.8, 4) is 11.5 Å². The zero-order chi connectivity index (χ0) is 14.5. The lowest BCUT2D eigenvalue weighted by Gasteiger charge is -2.20. The standard InChI is InChI=1S/C16H24ClNO2/c1-11(2)14-12(6-3-4-7-18)10-13(17)15-16(14)20-9-5-8-19-15/h10-11H,3-9,18H2,1-2H3. The summed E-state index contributed by atoms with van der Waals surface area (Å²) >= 11 is 6.38. The molecule has 0 radical (unpaired) electrons. The predicted molar refractivity (Wildman–Crippen MR) is 83.1 cm³/mol. The quantitative estimate of drug-likeness (QED) is 0.838. The van der Waals surface area contributed by atoms with Gasteiger partial charge in [-0.3, -0.25) is 0 Å². The first kappa shape index (κ1) is 15.5. The van der Waals surface area contributed by atoms with E-state index in [-0.39, 0.29) is 0 Å². The van der Waals surface area contributed by atoms with Crippen LogP contribution in [0, 0.1) is 0 Å². The lowest BCUT2D eigenvalue weighted by Crippen LogP contribution is -2.05. The number of rotatable bonds is 5. The van der Waals surface area contributed by atoms with Crippen LogP contribution in [0.25, 0.3) is 0 Å². The molecule has 20 heavy (non-hydrogen) atoms. The Morgan fingerprint density at radius 2 is 1.90 bits per heavy atom. The van der Waals surface area contributed by atoms with E-state index in [0.29, 0.717) is 24.2 Å². The van der Waals surface area contributed by atoms with Gasteiger partial charge in [-0.1, -0.05) is 25.4 Å². The maximum Gasteiger partial charge on any atom is 0.180 e. The first-order valence-electron chi connectivity index (χ1n) is 7.46. The fraction of sp³-hybridized carbons (Fsp3) is 0.625. The van der Waals surface area contributed by atoms with Crippen LogP contribution in [0.5, 0.6) is 11.5 Å². The maximum atomic E-state index is 6.38. The van der Waals surface area contributed by atoms with Crippen molar-refractivity contribution in [3.63, 3.8) is 0 Å². The second-order valence-electron chi connectivity index (χ2n) is 5.54. The summed E-state index contributed by atoms with van der Waals surface area (Å²) in [6, 6.07) is 2.04. The van der Waals surface area contributed by atoms with Gasteiger partial charge < -0.3 is 15.2 Å². The first-order chi connectivity index (χ1) is 9.65. The number of hydrogen-bond donors (Lipinski definition) is 1. The third kappa shape index (κ3) is 3.39. The average molecular weight is 298 g/mol. The Kier molecular flexibility index (Phi) is 5.55. The van der Waals surface area contributed by atoms with Crippen molar-refractivity contribution in [2.45, 2.75) is 45.4 Å². The summed E-state index contributed by atoms with van der Waals surface area (Å²) in [5.74, 6) is 1.96. The van der Waals surface area contributed by atoms with E-state index in [1.165, 1.54) is 11.1 Å². The molecule has 0 fully saturated rings. The van der Waals surface area contributed by atoms with Gasteiger partial charge >= 0.3 is 0 Å². The SMILES string of the molecule is CC(C)c1c(CCCCN)cc(Cl)c2c1OCCCO2. The van der Waals surface area contributed by atoms with Crippen molar-refractivity contribution in [2.24, 2.45) is 5.73 Å². The maximum absolute atomic E-state index is 6.38. The normalized spacial score (nSPS) is 14.4. The Bertz CT molecular complexity index is 460. The second-order valence-corrected chi connectivity index (χ2v) is 5.95. The Hall–Kier alpha value is -0.930. The largest absolute Gasteiger partial charge is 0.489 e. The van der Waals surface area contributed by atoms with Gasteiger partial charge in [0.25, 0.3) is 0 Å². The summed E-state index contributed by atoms with van der Waals surface area (Å²) in [6.45, 7) is 6.45. The zero-order valence-corrected chi connectivity index (χ0v) is 13.1. The highest BCUT2D eigenvalue weighted by Gasteiger charge is 2.23. The first-order valence-corrected chi connectivity index (χ1v) is 7.84. The molecule has 4 heteroatoms. The van der Waals surface area contributed by atoms with Crippen LogP contribution in [-0.2, 0) is 6.42 Å². The van der Waals surface area contributed by atoms with Gasteiger partial charge in [-0.25, -0.2) is 0 Å². The van der Waals surface area contributed by atoms with Gasteiger partial charge in [0.05, 0.1) is 18.2 Å². The van der Waals surface area contributed by atoms with E-state index in [0.717, 1.165) is 43.7 Å². The van der Waals surface area contributed by atoms with Gasteiger partial charge in [-0.2, -0.15) is 0 Å². The summed E-state index contributed by atoms with van der Waals surface area (Å²) in [5.41, 5.74) is 8.09. The van der Waals surface area contributed by atoms with Gasteiger partial charge in [0.1, 0.15) is 0 Å². The van der Waals surface area contributed by atoms with E-state index in [2.05, 4.69) is 13.8 Å². The van der Waals surface area contributed by atoms with Crippen LogP contribution in [0.2, 0.25) is 5.02 Å². The lowest BCUT2D eigenvalue weighted by atomic mass is 9.92. The number of ether oxygens (including phenoxy) is 2. The molecule has 2 rings (SSSR count). The average Bonchev–Trinajstić information content (AvgIpc) is 2.64. The van der Waals surface area contributed by atoms with Crippen molar-refractivity contribution in [2.75, 3.05) is 19.8 Å². The molecule has 1 heterocycles. The summed E-state index contributed by atoms with van der Waals surface area (Å²) in [6.07, 6.45) is 3.99. The summed E-state index contributed by atoms with van der Waals surface area (Å²) in [4.78, 5) is 0. The van der Waals surface area contributed by atoms with E-state index < -0.39 is 0 Å². The van der Waals surface area contributed by atoms with Crippen LogP contribution in [-0.4, -0.2) is 19.8 Å². The van der Waals surface area contributed by atoms with Gasteiger partial charge in [0.15, 0.2) is 11.5 Å². The van der Waals surface area contributed by atoms with E-state index in [1.54, 1.807) is 0 Å². The third-order valence-electron chi connectivity index (χ3n) is 3.57. The van der Waals surface area contributed by atoms with Gasteiger partial charge in [-0.05, 0) is 43.4 Å². The minimum Gasteiger partial charge on any atom is -0.489 e. The smallest absolute Gasteiger partial charge is 0.180 e. The molecule has 0 bridgehead atoms. The van der Waals surface area contributed by atoms with Crippen molar-refractivity contribution in [3.05, 3.63) is 22.2 Å². The fourth-order valence-electron chi connectivity index (χ4n) is 2.66. The number of nitrogens with two attached hydrogens (primary N) is 1. The molecule has 0 aliphatic carbocycles. The zero-order valence-electron chi connectivity index (χ0n) is 12.4. The number of aryl methyl sites for hydroxylation is 1. The van der Waals surface area contributed by atoms with Crippen LogP contribution < -0.4 is 15.2 Å². The van der Waals surface area contributed by atoms with Crippen molar-refractivity contribution in [1.29, 1.82) is 0 Å². The molecule has 0 amide bonds. The molecule has 3 nitrogen and oxygen atoms in total. The van der Waals surface area contributed by atoms with E-state index in [9.17, 15) is 0 Å². The molecule has 0 saturated heterocycles. The Morgan fingerprint density at radius 3 is 2.55 bits per heavy atom. The molecule has 2 N–H and O–H groups in total. The Morgan fingerprint density at radius 1 is 1.20 bits per heavy atom. The van der Waals surface area contributed by atoms with Crippen LogP contribution in [0.1, 0.15) is 50.2 Å². The van der Waals surface area contributed by atoms with Crippen LogP contribution in [0.15, 0.2) is 6.07 Å². The molecule has 0 unspecified atom stereocenters. The Balaban J connectivity index is 2.41. The van der Waals surface area contributed by atoms with Crippen LogP contribution in [0.3, 0.4) is 0 Å². The van der Waals surface area contributed by atoms with Crippen molar-refractivity contribution >= 4 is 11.6 Å². The van der Waals surface area contributed by atoms with Gasteiger partial charge in [-0.15, -0.1) is 0 Å². The number of halogens is 1. The molecule has 112 valence electrons. The summed E-state index contributed by atoms with van der Waals surface area (Å²) in [7, 11) is 0. The lowest BCUT2D eigenvalue weighted by molar-refractivity contribution is 0.295. The van der Waals surface area contributed by atoms with Crippen molar-refractivity contribution < 1.29 is 9.47 Å². The highest BCUT2D eigenvalue weighted by Crippen LogP contribution is 2.44. The molecule has 1 aromatic rings. The molecule has 0 saturated carbocycles. The molecule has 1 aromatic carbocycles. The van der Waals surface area contributed by atoms with E-state index in [4.69, 9.17) is 26.8 Å². The second kappa shape index (κ2) is 7.19. The molecule has 0 atom stereocenters. The van der Waals surface area contributed by atoms with Gasteiger partial charge in [0.2, 0.25) is 0 Å². The Labute approximate surface area is 126 Å². The van der Waals surface area contributed by atoms with Crippen molar-refractivity contribution in [1.82, 2.24) is 0 Å². The number of hydrogen-bond acceptors (Lipinski definition) is 3. The van der Waals surface area contributed by atoms with Gasteiger partial charge in [0, 0.05) is 12.0 Å². The molecule has 1 aliphatic rings. The van der Waals surface area contributed by atoms with Crippen LogP contribution >= 0.6 is 11.6 Å². The van der Waals surface area contributed by atoms with E-state index in [1.807, 2.05) is 6.07 Å². The molecular formula is C16H24ClNO2. The number of fused-ring (bicyclic) bond motifs is 1. The van der Waals surface area contributed by atoms with Crippen LogP contribution in [0.4, 0.5) is 0 Å². The molecule has 0 aromatic heterocycles. The summed E-state index contributed by atoms with van der Waals surface area (Å²) < 4.78 is 11.7. The topological polar surface area (TPSA) is 44.5 Å². The minimum absolute atomic E-state index is 0.385. The third-order valence-corrected chi connectivity index (χ3v) is 3.85. The fourth-order valence-corrected chi connectivity index (χ4v) is 2.93. The monoisotopic (exact) mass is 297 g/mol. The highest BCUT2D eigenvalue weighted by molar-refractivity contribution is 6.32. The summed E-state index contributed by atoms with van der Waals surface area (Å²) in [5, 5.41) is 0.661. The highest BCUT2D eigenvalue weighted by atomic mass is 35.5. The van der Waals surface area contributed by atoms with E-state index >= 15 is 0 Å². The molecule has 1 aliphatic heterocycles.